The van der Waals surface area contributed by atoms with Crippen LogP contribution < -0.4 is 0 Å². The zero-order valence-corrected chi connectivity index (χ0v) is 12.2. The molecule has 2 rings (SSSR count). The van der Waals surface area contributed by atoms with Crippen molar-refractivity contribution in [3.63, 3.8) is 0 Å². The van der Waals surface area contributed by atoms with Gasteiger partial charge in [-0.1, -0.05) is 32.6 Å². The molecule has 1 unspecified atom stereocenters. The third-order valence-electron chi connectivity index (χ3n) is 4.67. The number of carboxylic acid groups (broad SMARTS) is 1. The molecule has 0 bridgehead atoms. The van der Waals surface area contributed by atoms with Crippen LogP contribution in [0.25, 0.3) is 0 Å². The summed E-state index contributed by atoms with van der Waals surface area (Å²) >= 11 is 0. The first-order valence-electron chi connectivity index (χ1n) is 8.09. The third-order valence-corrected chi connectivity index (χ3v) is 4.67. The standard InChI is InChI=1S/C16H28O3/c1-2-3-5-8-14(13-9-10-13)19-16(15(17)18)11-6-4-7-12-16/h13-14H,2-12H2,1H3,(H,17,18). The molecule has 0 amide bonds. The van der Waals surface area contributed by atoms with Crippen molar-refractivity contribution in [1.82, 2.24) is 0 Å². The minimum absolute atomic E-state index is 0.195. The molecule has 0 aromatic heterocycles. The molecule has 2 saturated carbocycles. The van der Waals surface area contributed by atoms with E-state index in [-0.39, 0.29) is 6.10 Å². The number of carbonyl (C=O) groups is 1. The summed E-state index contributed by atoms with van der Waals surface area (Å²) in [5.74, 6) is -0.0941. The van der Waals surface area contributed by atoms with Gasteiger partial charge < -0.3 is 9.84 Å². The molecule has 0 spiro atoms. The smallest absolute Gasteiger partial charge is 0.335 e. The van der Waals surface area contributed by atoms with Crippen molar-refractivity contribution in [3.8, 4) is 0 Å². The molecular formula is C16H28O3. The van der Waals surface area contributed by atoms with Crippen molar-refractivity contribution >= 4 is 5.97 Å². The molecule has 0 heterocycles. The molecule has 0 saturated heterocycles. The predicted molar refractivity (Wildman–Crippen MR) is 75.2 cm³/mol. The van der Waals surface area contributed by atoms with Crippen molar-refractivity contribution in [3.05, 3.63) is 0 Å². The van der Waals surface area contributed by atoms with Gasteiger partial charge in [0, 0.05) is 0 Å². The molecule has 3 heteroatoms. The molecule has 0 aliphatic heterocycles. The first-order valence-corrected chi connectivity index (χ1v) is 8.09. The van der Waals surface area contributed by atoms with Gasteiger partial charge in [0.15, 0.2) is 5.60 Å². The predicted octanol–water partition coefficient (Wildman–Crippen LogP) is 4.15. The minimum atomic E-state index is -0.863. The van der Waals surface area contributed by atoms with Crippen LogP contribution in [0.1, 0.15) is 77.6 Å². The number of aliphatic carboxylic acids is 1. The number of rotatable bonds is 8. The summed E-state index contributed by atoms with van der Waals surface area (Å²) in [6.07, 6.45) is 11.9. The van der Waals surface area contributed by atoms with E-state index in [1.807, 2.05) is 0 Å². The molecule has 1 N–H and O–H groups in total. The van der Waals surface area contributed by atoms with Crippen LogP contribution in [-0.2, 0) is 9.53 Å². The molecule has 0 aromatic rings. The Balaban J connectivity index is 1.94. The number of unbranched alkanes of at least 4 members (excludes halogenated alkanes) is 2. The lowest BCUT2D eigenvalue weighted by Gasteiger charge is -2.36. The van der Waals surface area contributed by atoms with E-state index in [1.54, 1.807) is 0 Å². The molecule has 19 heavy (non-hydrogen) atoms. The Hall–Kier alpha value is -0.570. The van der Waals surface area contributed by atoms with Gasteiger partial charge in [0.2, 0.25) is 0 Å². The molecule has 2 aliphatic rings. The fourth-order valence-electron chi connectivity index (χ4n) is 3.25. The normalized spacial score (nSPS) is 24.1. The third kappa shape index (κ3) is 3.95. The average Bonchev–Trinajstić information content (AvgIpc) is 3.23. The summed E-state index contributed by atoms with van der Waals surface area (Å²) in [6, 6.07) is 0. The van der Waals surface area contributed by atoms with Crippen LogP contribution in [-0.4, -0.2) is 22.8 Å². The lowest BCUT2D eigenvalue weighted by Crippen LogP contribution is -2.46. The van der Waals surface area contributed by atoms with E-state index in [1.165, 1.54) is 32.1 Å². The monoisotopic (exact) mass is 268 g/mol. The fourth-order valence-corrected chi connectivity index (χ4v) is 3.25. The summed E-state index contributed by atoms with van der Waals surface area (Å²) in [5.41, 5.74) is -0.863. The highest BCUT2D eigenvalue weighted by atomic mass is 16.5. The van der Waals surface area contributed by atoms with Gasteiger partial charge in [-0.3, -0.25) is 0 Å². The SMILES string of the molecule is CCCCCC(OC1(C(=O)O)CCCCC1)C1CC1. The van der Waals surface area contributed by atoms with Gasteiger partial charge in [-0.25, -0.2) is 4.79 Å². The van der Waals surface area contributed by atoms with Crippen LogP contribution in [0.3, 0.4) is 0 Å². The second-order valence-corrected chi connectivity index (χ2v) is 6.35. The maximum absolute atomic E-state index is 11.7. The molecule has 3 nitrogen and oxygen atoms in total. The van der Waals surface area contributed by atoms with Crippen LogP contribution in [0, 0.1) is 5.92 Å². The van der Waals surface area contributed by atoms with E-state index in [9.17, 15) is 9.90 Å². The molecular weight excluding hydrogens is 240 g/mol. The highest BCUT2D eigenvalue weighted by Gasteiger charge is 2.45. The number of carboxylic acids is 1. The van der Waals surface area contributed by atoms with E-state index >= 15 is 0 Å². The van der Waals surface area contributed by atoms with Crippen molar-refractivity contribution in [2.45, 2.75) is 89.3 Å². The number of hydrogen-bond acceptors (Lipinski definition) is 2. The zero-order chi connectivity index (χ0) is 13.7. The largest absolute Gasteiger partial charge is 0.479 e. The van der Waals surface area contributed by atoms with Crippen molar-refractivity contribution < 1.29 is 14.6 Å². The first-order chi connectivity index (χ1) is 9.18. The van der Waals surface area contributed by atoms with Crippen LogP contribution >= 0.6 is 0 Å². The Kier molecular flexibility index (Phi) is 5.26. The average molecular weight is 268 g/mol. The Labute approximate surface area is 116 Å². The fraction of sp³-hybridized carbons (Fsp3) is 0.938. The van der Waals surface area contributed by atoms with E-state index < -0.39 is 11.6 Å². The summed E-state index contributed by atoms with van der Waals surface area (Å²) in [7, 11) is 0. The summed E-state index contributed by atoms with van der Waals surface area (Å²) in [6.45, 7) is 2.20. The van der Waals surface area contributed by atoms with E-state index in [4.69, 9.17) is 4.74 Å². The summed E-state index contributed by atoms with van der Waals surface area (Å²) < 4.78 is 6.21. The maximum atomic E-state index is 11.7. The molecule has 2 fully saturated rings. The Morgan fingerprint density at radius 3 is 2.47 bits per heavy atom. The molecule has 110 valence electrons. The van der Waals surface area contributed by atoms with Gasteiger partial charge in [0.25, 0.3) is 0 Å². The van der Waals surface area contributed by atoms with E-state index in [0.717, 1.165) is 25.7 Å². The van der Waals surface area contributed by atoms with Crippen LogP contribution in [0.2, 0.25) is 0 Å². The first kappa shape index (κ1) is 14.8. The highest BCUT2D eigenvalue weighted by molar-refractivity contribution is 5.77. The number of hydrogen-bond donors (Lipinski definition) is 1. The molecule has 0 radical (unpaired) electrons. The van der Waals surface area contributed by atoms with Gasteiger partial charge in [-0.2, -0.15) is 0 Å². The quantitative estimate of drug-likeness (QED) is 0.673. The lowest BCUT2D eigenvalue weighted by atomic mass is 9.84. The molecule has 1 atom stereocenters. The van der Waals surface area contributed by atoms with Gasteiger partial charge in [-0.15, -0.1) is 0 Å². The van der Waals surface area contributed by atoms with E-state index in [0.29, 0.717) is 18.8 Å². The van der Waals surface area contributed by atoms with Crippen molar-refractivity contribution in [2.24, 2.45) is 5.92 Å². The van der Waals surface area contributed by atoms with E-state index in [2.05, 4.69) is 6.92 Å². The Morgan fingerprint density at radius 2 is 1.95 bits per heavy atom. The van der Waals surface area contributed by atoms with Gasteiger partial charge in [0.05, 0.1) is 6.10 Å². The van der Waals surface area contributed by atoms with Crippen LogP contribution in [0.15, 0.2) is 0 Å². The maximum Gasteiger partial charge on any atom is 0.335 e. The lowest BCUT2D eigenvalue weighted by molar-refractivity contribution is -0.182. The Morgan fingerprint density at radius 1 is 1.26 bits per heavy atom. The Bertz CT molecular complexity index is 290. The second kappa shape index (κ2) is 6.74. The molecule has 2 aliphatic carbocycles. The van der Waals surface area contributed by atoms with Gasteiger partial charge in [-0.05, 0) is 50.9 Å². The zero-order valence-electron chi connectivity index (χ0n) is 12.2. The van der Waals surface area contributed by atoms with Crippen LogP contribution in [0.4, 0.5) is 0 Å². The molecule has 0 aromatic carbocycles. The second-order valence-electron chi connectivity index (χ2n) is 6.35. The summed E-state index contributed by atoms with van der Waals surface area (Å²) in [5, 5.41) is 9.59. The van der Waals surface area contributed by atoms with Crippen LogP contribution in [0.5, 0.6) is 0 Å². The highest BCUT2D eigenvalue weighted by Crippen LogP contribution is 2.42. The van der Waals surface area contributed by atoms with Crippen molar-refractivity contribution in [1.29, 1.82) is 0 Å². The summed E-state index contributed by atoms with van der Waals surface area (Å²) in [4.78, 5) is 11.7. The van der Waals surface area contributed by atoms with Gasteiger partial charge >= 0.3 is 5.97 Å². The van der Waals surface area contributed by atoms with Crippen molar-refractivity contribution in [2.75, 3.05) is 0 Å². The topological polar surface area (TPSA) is 46.5 Å². The minimum Gasteiger partial charge on any atom is -0.479 e. The van der Waals surface area contributed by atoms with Gasteiger partial charge in [0.1, 0.15) is 0 Å². The number of ether oxygens (including phenoxy) is 1.